The summed E-state index contributed by atoms with van der Waals surface area (Å²) < 4.78 is 0. The number of thiazole rings is 1. The molecule has 0 spiro atoms. The van der Waals surface area contributed by atoms with Gasteiger partial charge in [0.15, 0.2) is 0 Å². The molecule has 6 nitrogen and oxygen atoms in total. The average molecular weight is 415 g/mol. The minimum absolute atomic E-state index is 0.122. The molecule has 0 saturated heterocycles. The van der Waals surface area contributed by atoms with Gasteiger partial charge in [-0.15, -0.1) is 11.3 Å². The predicted octanol–water partition coefficient (Wildman–Crippen LogP) is 5.46. The van der Waals surface area contributed by atoms with Crippen molar-refractivity contribution in [2.75, 3.05) is 5.48 Å². The summed E-state index contributed by atoms with van der Waals surface area (Å²) in [5, 5.41) is 30.9. The number of carboxylic acid groups (broad SMARTS) is 1. The summed E-state index contributed by atoms with van der Waals surface area (Å²) in [6, 6.07) is 14.4. The van der Waals surface area contributed by atoms with Gasteiger partial charge in [-0.2, -0.15) is 5.26 Å². The molecule has 1 aromatic heterocycles. The van der Waals surface area contributed by atoms with E-state index < -0.39 is 5.97 Å². The molecule has 148 valence electrons. The van der Waals surface area contributed by atoms with Gasteiger partial charge >= 0.3 is 5.97 Å². The van der Waals surface area contributed by atoms with Crippen molar-refractivity contribution in [2.45, 2.75) is 6.42 Å². The maximum atomic E-state index is 12.0. The number of hydrogen-bond acceptors (Lipinski definition) is 6. The van der Waals surface area contributed by atoms with Gasteiger partial charge in [-0.3, -0.25) is 10.7 Å². The van der Waals surface area contributed by atoms with Crippen LogP contribution in [-0.2, 0) is 0 Å². The average Bonchev–Trinajstić information content (AvgIpc) is 3.29. The van der Waals surface area contributed by atoms with E-state index in [-0.39, 0.29) is 11.5 Å². The lowest BCUT2D eigenvalue weighted by molar-refractivity contribution is 0.0697. The number of nitrogens with one attached hydrogen (secondary N) is 1. The Hall–Kier alpha value is -3.73. The van der Waals surface area contributed by atoms with Gasteiger partial charge in [0.05, 0.1) is 28.9 Å². The molecule has 1 unspecified atom stereocenters. The van der Waals surface area contributed by atoms with Gasteiger partial charge in [-0.05, 0) is 29.7 Å². The Kier molecular flexibility index (Phi) is 5.44. The van der Waals surface area contributed by atoms with Crippen LogP contribution in [0.1, 0.15) is 22.5 Å². The van der Waals surface area contributed by atoms with E-state index in [0.29, 0.717) is 33.8 Å². The lowest BCUT2D eigenvalue weighted by Crippen LogP contribution is -2.02. The number of anilines is 1. The smallest absolute Gasteiger partial charge is 0.336 e. The van der Waals surface area contributed by atoms with Gasteiger partial charge in [-0.1, -0.05) is 48.6 Å². The second-order valence-corrected chi connectivity index (χ2v) is 7.64. The number of carbonyl (C=O) groups is 1. The van der Waals surface area contributed by atoms with E-state index in [0.717, 1.165) is 11.3 Å². The van der Waals surface area contributed by atoms with Crippen LogP contribution in [0.3, 0.4) is 0 Å². The SMILES string of the molecule is N#CC1C=CC=C(c2csc(-c3ccc(-c4ccccc4NO)c(C(=O)O)c3)n2)C1. The molecule has 1 heterocycles. The number of benzene rings is 2. The summed E-state index contributed by atoms with van der Waals surface area (Å²) in [6.45, 7) is 0. The molecule has 0 radical (unpaired) electrons. The highest BCUT2D eigenvalue weighted by Crippen LogP contribution is 2.35. The summed E-state index contributed by atoms with van der Waals surface area (Å²) in [5.74, 6) is -1.22. The molecule has 0 bridgehead atoms. The molecular formula is C23H17N3O3S. The Bertz CT molecular complexity index is 1220. The Balaban J connectivity index is 1.72. The summed E-state index contributed by atoms with van der Waals surface area (Å²) >= 11 is 1.43. The Morgan fingerprint density at radius 3 is 2.83 bits per heavy atom. The maximum Gasteiger partial charge on any atom is 0.336 e. The monoisotopic (exact) mass is 415 g/mol. The van der Waals surface area contributed by atoms with Crippen LogP contribution in [0.4, 0.5) is 5.69 Å². The van der Waals surface area contributed by atoms with E-state index in [9.17, 15) is 15.1 Å². The molecule has 4 rings (SSSR count). The lowest BCUT2D eigenvalue weighted by Gasteiger charge is -2.12. The van der Waals surface area contributed by atoms with Crippen molar-refractivity contribution in [3.8, 4) is 27.8 Å². The van der Waals surface area contributed by atoms with Crippen molar-refractivity contribution in [3.05, 3.63) is 77.3 Å². The van der Waals surface area contributed by atoms with Crippen LogP contribution in [0.2, 0.25) is 0 Å². The van der Waals surface area contributed by atoms with E-state index >= 15 is 0 Å². The van der Waals surface area contributed by atoms with Crippen LogP contribution < -0.4 is 5.48 Å². The molecule has 0 saturated carbocycles. The van der Waals surface area contributed by atoms with Gasteiger partial charge in [0.25, 0.3) is 0 Å². The lowest BCUT2D eigenvalue weighted by atomic mass is 9.94. The van der Waals surface area contributed by atoms with Gasteiger partial charge < -0.3 is 5.11 Å². The minimum atomic E-state index is -1.06. The second-order valence-electron chi connectivity index (χ2n) is 6.78. The van der Waals surface area contributed by atoms with Crippen molar-refractivity contribution < 1.29 is 15.1 Å². The first-order valence-corrected chi connectivity index (χ1v) is 10.1. The first-order chi connectivity index (χ1) is 14.6. The molecule has 1 atom stereocenters. The minimum Gasteiger partial charge on any atom is -0.478 e. The number of aromatic carboxylic acids is 1. The molecule has 30 heavy (non-hydrogen) atoms. The number of nitriles is 1. The molecule has 0 amide bonds. The van der Waals surface area contributed by atoms with Crippen LogP contribution in [-0.4, -0.2) is 21.3 Å². The summed E-state index contributed by atoms with van der Waals surface area (Å²) in [4.78, 5) is 16.6. The van der Waals surface area contributed by atoms with Crippen LogP contribution >= 0.6 is 11.3 Å². The number of aromatic nitrogens is 1. The fourth-order valence-corrected chi connectivity index (χ4v) is 4.26. The van der Waals surface area contributed by atoms with E-state index in [2.05, 4.69) is 16.5 Å². The van der Waals surface area contributed by atoms with Crippen LogP contribution in [0.15, 0.2) is 66.1 Å². The molecule has 7 heteroatoms. The molecule has 1 aliphatic rings. The van der Waals surface area contributed by atoms with Crippen molar-refractivity contribution in [2.24, 2.45) is 5.92 Å². The third kappa shape index (κ3) is 3.74. The van der Waals surface area contributed by atoms with E-state index in [1.165, 1.54) is 11.3 Å². The highest BCUT2D eigenvalue weighted by Gasteiger charge is 2.18. The first kappa shape index (κ1) is 19.6. The molecular weight excluding hydrogens is 398 g/mol. The topological polar surface area (TPSA) is 106 Å². The van der Waals surface area contributed by atoms with Gasteiger partial charge in [0.2, 0.25) is 0 Å². The molecule has 3 N–H and O–H groups in total. The highest BCUT2D eigenvalue weighted by molar-refractivity contribution is 7.13. The van der Waals surface area contributed by atoms with E-state index in [4.69, 9.17) is 5.26 Å². The summed E-state index contributed by atoms with van der Waals surface area (Å²) in [6.07, 6.45) is 6.31. The first-order valence-electron chi connectivity index (χ1n) is 9.21. The van der Waals surface area contributed by atoms with E-state index in [1.807, 2.05) is 29.7 Å². The van der Waals surface area contributed by atoms with Gasteiger partial charge in [0, 0.05) is 16.5 Å². The quantitative estimate of drug-likeness (QED) is 0.478. The number of para-hydroxylation sites is 1. The number of rotatable bonds is 5. The zero-order valence-corrected chi connectivity index (χ0v) is 16.6. The van der Waals surface area contributed by atoms with Crippen molar-refractivity contribution in [1.82, 2.24) is 4.98 Å². The molecule has 0 aliphatic heterocycles. The normalized spacial score (nSPS) is 15.3. The van der Waals surface area contributed by atoms with Crippen molar-refractivity contribution >= 4 is 28.6 Å². The molecule has 0 fully saturated rings. The zero-order valence-electron chi connectivity index (χ0n) is 15.7. The third-order valence-corrected chi connectivity index (χ3v) is 5.81. The zero-order chi connectivity index (χ0) is 21.1. The van der Waals surface area contributed by atoms with Crippen LogP contribution in [0.25, 0.3) is 27.3 Å². The van der Waals surface area contributed by atoms with E-state index in [1.54, 1.807) is 36.4 Å². The van der Waals surface area contributed by atoms with Crippen LogP contribution in [0.5, 0.6) is 0 Å². The summed E-state index contributed by atoms with van der Waals surface area (Å²) in [5.41, 5.74) is 6.24. The molecule has 1 aliphatic carbocycles. The second kappa shape index (κ2) is 8.33. The van der Waals surface area contributed by atoms with Crippen molar-refractivity contribution in [3.63, 3.8) is 0 Å². The fraction of sp³-hybridized carbons (Fsp3) is 0.0870. The predicted molar refractivity (Wildman–Crippen MR) is 116 cm³/mol. The highest BCUT2D eigenvalue weighted by atomic mass is 32.1. The fourth-order valence-electron chi connectivity index (χ4n) is 3.42. The third-order valence-electron chi connectivity index (χ3n) is 4.91. The van der Waals surface area contributed by atoms with Gasteiger partial charge in [-0.25, -0.2) is 9.78 Å². The summed E-state index contributed by atoms with van der Waals surface area (Å²) in [7, 11) is 0. The molecule has 2 aromatic carbocycles. The van der Waals surface area contributed by atoms with Gasteiger partial charge in [0.1, 0.15) is 5.01 Å². The standard InChI is InChI=1S/C23H17N3O3S/c24-12-14-4-3-5-15(10-14)21-13-30-22(25-21)16-8-9-17(19(11-16)23(27)28)18-6-1-2-7-20(18)26-29/h1-9,11,13-14,26,29H,10H2,(H,27,28). The largest absolute Gasteiger partial charge is 0.478 e. The van der Waals surface area contributed by atoms with Crippen LogP contribution in [0, 0.1) is 17.2 Å². The number of allylic oxidation sites excluding steroid dienone is 4. The Labute approximate surface area is 177 Å². The molecule has 3 aromatic rings. The number of nitrogens with zero attached hydrogens (tertiary/aromatic N) is 2. The Morgan fingerprint density at radius 1 is 1.23 bits per heavy atom. The number of hydrogen-bond donors (Lipinski definition) is 3. The number of carboxylic acids is 1. The maximum absolute atomic E-state index is 12.0. The Morgan fingerprint density at radius 2 is 2.07 bits per heavy atom. The van der Waals surface area contributed by atoms with Crippen molar-refractivity contribution in [1.29, 1.82) is 5.26 Å².